The summed E-state index contributed by atoms with van der Waals surface area (Å²) in [5.41, 5.74) is 3.15. The van der Waals surface area contributed by atoms with Crippen molar-refractivity contribution in [3.05, 3.63) is 0 Å². The molecule has 0 saturated carbocycles. The fraction of sp³-hybridized carbons (Fsp3) is 0.800. The second-order valence-corrected chi connectivity index (χ2v) is 9.88. The molecule has 0 aromatic heterocycles. The molecule has 0 unspecified atom stereocenters. The van der Waals surface area contributed by atoms with Crippen molar-refractivity contribution in [2.24, 2.45) is 5.92 Å². The Morgan fingerprint density at radius 2 is 1.69 bits per heavy atom. The van der Waals surface area contributed by atoms with Crippen molar-refractivity contribution in [3.8, 4) is 11.5 Å². The van der Waals surface area contributed by atoms with E-state index in [0.717, 1.165) is 0 Å². The average molecular weight is 219 g/mol. The highest BCUT2D eigenvalue weighted by Crippen LogP contribution is 2.11. The van der Waals surface area contributed by atoms with Crippen LogP contribution in [0.15, 0.2) is 0 Å². The minimum absolute atomic E-state index is 0.165. The van der Waals surface area contributed by atoms with Crippen molar-refractivity contribution in [1.82, 2.24) is 0 Å². The largest absolute Gasteiger partial charge is 0.390 e. The van der Waals surface area contributed by atoms with Gasteiger partial charge in [0.05, 0.1) is 6.10 Å². The number of hydrogen-bond acceptors (Lipinski definition) is 1. The summed E-state index contributed by atoms with van der Waals surface area (Å²) in [4.78, 5) is 0. The van der Waals surface area contributed by atoms with Gasteiger partial charge in [-0.3, -0.25) is 0 Å². The maximum atomic E-state index is 9.57. The highest BCUT2D eigenvalue weighted by Gasteiger charge is 2.18. The molecule has 1 N–H and O–H groups in total. The number of aliphatic hydroxyl groups is 1. The van der Waals surface area contributed by atoms with Gasteiger partial charge in [0.1, 0.15) is 13.5 Å². The van der Waals surface area contributed by atoms with Gasteiger partial charge < -0.3 is 5.11 Å². The molecule has 0 heterocycles. The standard InChI is InChI=1S/C10H19ClOSi/c1-8(2)10(12)9(11)6-7-13(3,4)5/h8-10,12H,1-5H3/t9-,10+/m1/s1. The molecular formula is C10H19ClOSi. The molecule has 0 aliphatic heterocycles. The van der Waals surface area contributed by atoms with Crippen LogP contribution >= 0.6 is 11.6 Å². The van der Waals surface area contributed by atoms with Crippen LogP contribution in [-0.4, -0.2) is 24.7 Å². The van der Waals surface area contributed by atoms with Gasteiger partial charge in [0.25, 0.3) is 0 Å². The second-order valence-electron chi connectivity index (χ2n) is 4.66. The first-order valence-electron chi connectivity index (χ1n) is 4.59. The minimum Gasteiger partial charge on any atom is -0.390 e. The summed E-state index contributed by atoms with van der Waals surface area (Å²) in [6, 6.07) is 0. The van der Waals surface area contributed by atoms with Crippen LogP contribution in [0.2, 0.25) is 19.6 Å². The monoisotopic (exact) mass is 218 g/mol. The summed E-state index contributed by atoms with van der Waals surface area (Å²) in [6.45, 7) is 10.4. The van der Waals surface area contributed by atoms with E-state index >= 15 is 0 Å². The van der Waals surface area contributed by atoms with Gasteiger partial charge in [-0.1, -0.05) is 39.4 Å². The lowest BCUT2D eigenvalue weighted by molar-refractivity contribution is 0.133. The molecule has 0 aliphatic carbocycles. The molecule has 0 rings (SSSR count). The van der Waals surface area contributed by atoms with Crippen LogP contribution in [0.4, 0.5) is 0 Å². The Labute approximate surface area is 87.5 Å². The van der Waals surface area contributed by atoms with Crippen molar-refractivity contribution < 1.29 is 5.11 Å². The van der Waals surface area contributed by atoms with Gasteiger partial charge in [0.15, 0.2) is 0 Å². The zero-order chi connectivity index (χ0) is 10.6. The SMILES string of the molecule is CC(C)[C@H](O)[C@H](Cl)C#C[Si](C)(C)C. The molecule has 0 saturated heterocycles. The molecule has 0 radical (unpaired) electrons. The predicted octanol–water partition coefficient (Wildman–Crippen LogP) is 2.49. The third-order valence-electron chi connectivity index (χ3n) is 1.57. The molecule has 13 heavy (non-hydrogen) atoms. The Morgan fingerprint density at radius 3 is 2.00 bits per heavy atom. The zero-order valence-electron chi connectivity index (χ0n) is 9.06. The van der Waals surface area contributed by atoms with Gasteiger partial charge in [0.2, 0.25) is 0 Å². The van der Waals surface area contributed by atoms with Crippen molar-refractivity contribution >= 4 is 19.7 Å². The summed E-state index contributed by atoms with van der Waals surface area (Å²) < 4.78 is 0. The zero-order valence-corrected chi connectivity index (χ0v) is 10.8. The van der Waals surface area contributed by atoms with E-state index in [1.165, 1.54) is 0 Å². The van der Waals surface area contributed by atoms with E-state index in [1.54, 1.807) is 0 Å². The summed E-state index contributed by atoms with van der Waals surface area (Å²) in [6.07, 6.45) is -0.523. The molecule has 76 valence electrons. The molecule has 0 aliphatic rings. The average Bonchev–Trinajstić information content (AvgIpc) is 1.97. The van der Waals surface area contributed by atoms with Gasteiger partial charge in [-0.25, -0.2) is 0 Å². The van der Waals surface area contributed by atoms with Crippen molar-refractivity contribution in [1.29, 1.82) is 0 Å². The molecule has 0 fully saturated rings. The first-order valence-corrected chi connectivity index (χ1v) is 8.52. The Hall–Kier alpha value is 0.0269. The van der Waals surface area contributed by atoms with Gasteiger partial charge in [0, 0.05) is 0 Å². The molecule has 0 amide bonds. The number of hydrogen-bond donors (Lipinski definition) is 1. The van der Waals surface area contributed by atoms with E-state index in [1.807, 2.05) is 13.8 Å². The Bertz CT molecular complexity index is 209. The summed E-state index contributed by atoms with van der Waals surface area (Å²) >= 11 is 5.93. The highest BCUT2D eigenvalue weighted by atomic mass is 35.5. The van der Waals surface area contributed by atoms with E-state index in [0.29, 0.717) is 0 Å². The van der Waals surface area contributed by atoms with Crippen LogP contribution < -0.4 is 0 Å². The molecule has 0 spiro atoms. The van der Waals surface area contributed by atoms with Gasteiger partial charge in [-0.2, -0.15) is 0 Å². The molecular weight excluding hydrogens is 200 g/mol. The Balaban J connectivity index is 4.27. The third kappa shape index (κ3) is 6.15. The lowest BCUT2D eigenvalue weighted by atomic mass is 10.0. The maximum absolute atomic E-state index is 9.57. The quantitative estimate of drug-likeness (QED) is 0.429. The van der Waals surface area contributed by atoms with Crippen molar-refractivity contribution in [2.45, 2.75) is 45.0 Å². The summed E-state index contributed by atoms with van der Waals surface area (Å²) in [5.74, 6) is 3.10. The lowest BCUT2D eigenvalue weighted by Gasteiger charge is -2.16. The normalized spacial score (nSPS) is 16.3. The first-order chi connectivity index (χ1) is 5.74. The maximum Gasteiger partial charge on any atom is 0.129 e. The van der Waals surface area contributed by atoms with Gasteiger partial charge in [-0.05, 0) is 5.92 Å². The third-order valence-corrected chi connectivity index (χ3v) is 2.83. The Morgan fingerprint density at radius 1 is 1.23 bits per heavy atom. The van der Waals surface area contributed by atoms with Crippen LogP contribution in [0.1, 0.15) is 13.8 Å². The van der Waals surface area contributed by atoms with Crippen molar-refractivity contribution in [2.75, 3.05) is 0 Å². The van der Waals surface area contributed by atoms with E-state index < -0.39 is 19.6 Å². The molecule has 0 aromatic carbocycles. The molecule has 1 nitrogen and oxygen atoms in total. The van der Waals surface area contributed by atoms with Crippen LogP contribution in [0.5, 0.6) is 0 Å². The van der Waals surface area contributed by atoms with Gasteiger partial charge in [-0.15, -0.1) is 17.1 Å². The number of aliphatic hydroxyl groups excluding tert-OH is 1. The topological polar surface area (TPSA) is 20.2 Å². The van der Waals surface area contributed by atoms with Crippen LogP contribution in [0.3, 0.4) is 0 Å². The fourth-order valence-electron chi connectivity index (χ4n) is 0.709. The predicted molar refractivity (Wildman–Crippen MR) is 61.6 cm³/mol. The van der Waals surface area contributed by atoms with Crippen molar-refractivity contribution in [3.63, 3.8) is 0 Å². The first kappa shape index (κ1) is 13.0. The van der Waals surface area contributed by atoms with Gasteiger partial charge >= 0.3 is 0 Å². The number of rotatable bonds is 2. The fourth-order valence-corrected chi connectivity index (χ4v) is 1.73. The van der Waals surface area contributed by atoms with E-state index in [4.69, 9.17) is 11.6 Å². The number of halogens is 1. The van der Waals surface area contributed by atoms with E-state index in [2.05, 4.69) is 31.1 Å². The Kier molecular flexibility index (Phi) is 5.05. The number of alkyl halides is 1. The van der Waals surface area contributed by atoms with Crippen LogP contribution in [0.25, 0.3) is 0 Å². The minimum atomic E-state index is -1.36. The lowest BCUT2D eigenvalue weighted by Crippen LogP contribution is -2.26. The molecule has 2 atom stereocenters. The van der Waals surface area contributed by atoms with Crippen LogP contribution in [-0.2, 0) is 0 Å². The molecule has 0 bridgehead atoms. The van der Waals surface area contributed by atoms with E-state index in [9.17, 15) is 5.11 Å². The summed E-state index contributed by atoms with van der Waals surface area (Å²) in [5, 5.41) is 9.15. The molecule has 3 heteroatoms. The second kappa shape index (κ2) is 5.04. The highest BCUT2D eigenvalue weighted by molar-refractivity contribution is 6.83. The van der Waals surface area contributed by atoms with Crippen LogP contribution in [0, 0.1) is 17.4 Å². The van der Waals surface area contributed by atoms with E-state index in [-0.39, 0.29) is 5.92 Å². The molecule has 0 aromatic rings. The summed E-state index contributed by atoms with van der Waals surface area (Å²) in [7, 11) is -1.36. The smallest absolute Gasteiger partial charge is 0.129 e.